The van der Waals surface area contributed by atoms with Crippen LogP contribution in [0.5, 0.6) is 0 Å². The van der Waals surface area contributed by atoms with E-state index in [2.05, 4.69) is 55.2 Å². The Labute approximate surface area is 172 Å². The quantitative estimate of drug-likeness (QED) is 0.601. The van der Waals surface area contributed by atoms with E-state index in [0.29, 0.717) is 18.0 Å². The summed E-state index contributed by atoms with van der Waals surface area (Å²) in [6.07, 6.45) is 0. The normalized spacial score (nSPS) is 12.2. The number of likely N-dealkylation sites (N-methyl/N-ethyl adjacent to an activating group) is 1. The first-order chi connectivity index (χ1) is 14.0. The van der Waals surface area contributed by atoms with E-state index in [9.17, 15) is 4.79 Å². The number of amides is 1. The maximum absolute atomic E-state index is 12.7. The van der Waals surface area contributed by atoms with Gasteiger partial charge in [-0.3, -0.25) is 9.69 Å². The average Bonchev–Trinajstić information content (AvgIpc) is 3.24. The van der Waals surface area contributed by atoms with Crippen LogP contribution in [-0.2, 0) is 0 Å². The highest BCUT2D eigenvalue weighted by Crippen LogP contribution is 2.23. The number of hydrogen-bond acceptors (Lipinski definition) is 4. The minimum absolute atomic E-state index is 0.112. The lowest BCUT2D eigenvalue weighted by Gasteiger charge is -2.30. The van der Waals surface area contributed by atoms with Crippen LogP contribution < -0.4 is 5.32 Å². The number of rotatable bonds is 8. The van der Waals surface area contributed by atoms with Crippen molar-refractivity contribution < 1.29 is 9.32 Å². The fraction of sp³-hybridized carbons (Fsp3) is 0.333. The zero-order valence-electron chi connectivity index (χ0n) is 17.6. The van der Waals surface area contributed by atoms with Crippen molar-refractivity contribution in [1.29, 1.82) is 0 Å². The molecule has 5 nitrogen and oxygen atoms in total. The molecule has 1 amide bonds. The molecule has 0 aliphatic heterocycles. The summed E-state index contributed by atoms with van der Waals surface area (Å²) in [5.74, 6) is 0.374. The molecule has 0 unspecified atom stereocenters. The topological polar surface area (TPSA) is 58.4 Å². The highest BCUT2D eigenvalue weighted by molar-refractivity contribution is 5.93. The molecule has 5 heteroatoms. The van der Waals surface area contributed by atoms with Crippen molar-refractivity contribution in [2.75, 3.05) is 19.6 Å². The van der Waals surface area contributed by atoms with Gasteiger partial charge >= 0.3 is 0 Å². The number of aromatic nitrogens is 1. The molecule has 1 atom stereocenters. The molecule has 29 heavy (non-hydrogen) atoms. The zero-order chi connectivity index (χ0) is 20.8. The highest BCUT2D eigenvalue weighted by Gasteiger charge is 2.20. The first-order valence-corrected chi connectivity index (χ1v) is 10.1. The van der Waals surface area contributed by atoms with Crippen LogP contribution in [0.25, 0.3) is 11.3 Å². The van der Waals surface area contributed by atoms with E-state index in [-0.39, 0.29) is 11.9 Å². The smallest absolute Gasteiger partial charge is 0.273 e. The van der Waals surface area contributed by atoms with Crippen LogP contribution >= 0.6 is 0 Å². The van der Waals surface area contributed by atoms with Crippen LogP contribution in [0.4, 0.5) is 0 Å². The summed E-state index contributed by atoms with van der Waals surface area (Å²) >= 11 is 0. The van der Waals surface area contributed by atoms with Gasteiger partial charge in [0.2, 0.25) is 0 Å². The Kier molecular flexibility index (Phi) is 6.83. The van der Waals surface area contributed by atoms with E-state index in [1.165, 1.54) is 16.7 Å². The lowest BCUT2D eigenvalue weighted by Crippen LogP contribution is -2.38. The molecule has 0 aliphatic rings. The van der Waals surface area contributed by atoms with Gasteiger partial charge in [0.15, 0.2) is 11.5 Å². The Morgan fingerprint density at radius 2 is 1.76 bits per heavy atom. The lowest BCUT2D eigenvalue weighted by molar-refractivity contribution is 0.0926. The van der Waals surface area contributed by atoms with Crippen LogP contribution in [-0.4, -0.2) is 35.6 Å². The Hall–Kier alpha value is -2.92. The second-order valence-corrected chi connectivity index (χ2v) is 7.23. The number of nitrogens with one attached hydrogen (secondary N) is 1. The van der Waals surface area contributed by atoms with Crippen molar-refractivity contribution in [2.24, 2.45) is 0 Å². The Balaban J connectivity index is 1.72. The van der Waals surface area contributed by atoms with Gasteiger partial charge in [-0.15, -0.1) is 0 Å². The van der Waals surface area contributed by atoms with E-state index in [4.69, 9.17) is 4.52 Å². The number of benzene rings is 2. The summed E-state index contributed by atoms with van der Waals surface area (Å²) < 4.78 is 5.43. The van der Waals surface area contributed by atoms with Crippen LogP contribution in [0.3, 0.4) is 0 Å². The van der Waals surface area contributed by atoms with Crippen molar-refractivity contribution in [1.82, 2.24) is 15.4 Å². The number of carbonyl (C=O) groups excluding carboxylic acids is 1. The number of aryl methyl sites for hydroxylation is 2. The first-order valence-electron chi connectivity index (χ1n) is 10.1. The van der Waals surface area contributed by atoms with Gasteiger partial charge < -0.3 is 9.84 Å². The number of hydrogen-bond donors (Lipinski definition) is 1. The monoisotopic (exact) mass is 391 g/mol. The number of carbonyl (C=O) groups is 1. The molecule has 0 spiro atoms. The minimum atomic E-state index is -0.225. The largest absolute Gasteiger partial charge is 0.355 e. The van der Waals surface area contributed by atoms with Crippen molar-refractivity contribution in [3.63, 3.8) is 0 Å². The molecule has 0 radical (unpaired) electrons. The molecule has 0 saturated heterocycles. The second-order valence-electron chi connectivity index (χ2n) is 7.23. The fourth-order valence-corrected chi connectivity index (χ4v) is 3.49. The van der Waals surface area contributed by atoms with Gasteiger partial charge in [-0.05, 0) is 49.7 Å². The maximum Gasteiger partial charge on any atom is 0.273 e. The van der Waals surface area contributed by atoms with E-state index in [0.717, 1.165) is 18.7 Å². The van der Waals surface area contributed by atoms with E-state index in [1.54, 1.807) is 6.07 Å². The molecular weight excluding hydrogens is 362 g/mol. The fourth-order valence-electron chi connectivity index (χ4n) is 3.49. The third-order valence-corrected chi connectivity index (χ3v) is 5.43. The minimum Gasteiger partial charge on any atom is -0.355 e. The zero-order valence-corrected chi connectivity index (χ0v) is 17.6. The molecule has 1 N–H and O–H groups in total. The van der Waals surface area contributed by atoms with Gasteiger partial charge in [0.05, 0.1) is 6.04 Å². The summed E-state index contributed by atoms with van der Waals surface area (Å²) in [4.78, 5) is 15.0. The molecular formula is C24H29N3O2. The lowest BCUT2D eigenvalue weighted by atomic mass is 10.0. The molecule has 0 aliphatic carbocycles. The Morgan fingerprint density at radius 3 is 2.41 bits per heavy atom. The van der Waals surface area contributed by atoms with E-state index >= 15 is 0 Å². The molecule has 2 aromatic carbocycles. The summed E-state index contributed by atoms with van der Waals surface area (Å²) in [7, 11) is 0. The van der Waals surface area contributed by atoms with E-state index in [1.807, 2.05) is 36.4 Å². The predicted octanol–water partition coefficient (Wildman–Crippen LogP) is 4.77. The van der Waals surface area contributed by atoms with Crippen molar-refractivity contribution >= 4 is 5.91 Å². The van der Waals surface area contributed by atoms with Gasteiger partial charge in [0.25, 0.3) is 5.91 Å². The van der Waals surface area contributed by atoms with Crippen LogP contribution in [0.15, 0.2) is 59.1 Å². The maximum atomic E-state index is 12.7. The average molecular weight is 392 g/mol. The third-order valence-electron chi connectivity index (χ3n) is 5.43. The second kappa shape index (κ2) is 9.52. The summed E-state index contributed by atoms with van der Waals surface area (Å²) in [6, 6.07) is 18.1. The van der Waals surface area contributed by atoms with Gasteiger partial charge in [-0.2, -0.15) is 0 Å². The Bertz CT molecular complexity index is 946. The van der Waals surface area contributed by atoms with Gasteiger partial charge in [0, 0.05) is 18.2 Å². The van der Waals surface area contributed by atoms with Gasteiger partial charge in [-0.25, -0.2) is 0 Å². The molecule has 0 saturated carbocycles. The third kappa shape index (κ3) is 4.93. The summed E-state index contributed by atoms with van der Waals surface area (Å²) in [6.45, 7) is 10.7. The number of nitrogens with zero attached hydrogens (tertiary/aromatic N) is 2. The Morgan fingerprint density at radius 1 is 1.03 bits per heavy atom. The SMILES string of the molecule is CCN(CC)[C@H](CNC(=O)c1cc(-c2ccc(C)c(C)c2)on1)c1ccccc1. The van der Waals surface area contributed by atoms with Gasteiger partial charge in [-0.1, -0.05) is 61.5 Å². The molecule has 1 aromatic heterocycles. The van der Waals surface area contributed by atoms with Crippen LogP contribution in [0.1, 0.15) is 47.1 Å². The first kappa shape index (κ1) is 20.8. The van der Waals surface area contributed by atoms with Crippen LogP contribution in [0, 0.1) is 13.8 Å². The summed E-state index contributed by atoms with van der Waals surface area (Å²) in [5, 5.41) is 7.01. The highest BCUT2D eigenvalue weighted by atomic mass is 16.5. The molecule has 152 valence electrons. The molecule has 0 fully saturated rings. The summed E-state index contributed by atoms with van der Waals surface area (Å²) in [5.41, 5.74) is 4.80. The molecule has 0 bridgehead atoms. The van der Waals surface area contributed by atoms with Gasteiger partial charge in [0.1, 0.15) is 0 Å². The van der Waals surface area contributed by atoms with Crippen molar-refractivity contribution in [3.05, 3.63) is 77.0 Å². The van der Waals surface area contributed by atoms with Crippen molar-refractivity contribution in [2.45, 2.75) is 33.7 Å². The van der Waals surface area contributed by atoms with Crippen molar-refractivity contribution in [3.8, 4) is 11.3 Å². The molecule has 3 rings (SSSR count). The van der Waals surface area contributed by atoms with E-state index < -0.39 is 0 Å². The molecule has 3 aromatic rings. The predicted molar refractivity (Wildman–Crippen MR) is 116 cm³/mol. The standard InChI is InChI=1S/C24H29N3O2/c1-5-27(6-2)22(19-10-8-7-9-11-19)16-25-24(28)21-15-23(29-26-21)20-13-12-17(3)18(4)14-20/h7-15,22H,5-6,16H2,1-4H3,(H,25,28)/t22-/m1/s1. The van der Waals surface area contributed by atoms with Crippen LogP contribution in [0.2, 0.25) is 0 Å². The molecule has 1 heterocycles.